The Morgan fingerprint density at radius 2 is 1.65 bits per heavy atom. The summed E-state index contributed by atoms with van der Waals surface area (Å²) in [5.41, 5.74) is 1.80. The second-order valence-corrected chi connectivity index (χ2v) is 6.60. The Labute approximate surface area is 139 Å². The van der Waals surface area contributed by atoms with Crippen LogP contribution in [0.4, 0.5) is 0 Å². The summed E-state index contributed by atoms with van der Waals surface area (Å²) in [7, 11) is 0. The topological polar surface area (TPSA) is 53.5 Å². The van der Waals surface area contributed by atoms with E-state index in [1.54, 1.807) is 11.8 Å². The second-order valence-electron chi connectivity index (χ2n) is 5.60. The van der Waals surface area contributed by atoms with Crippen LogP contribution in [-0.4, -0.2) is 52.8 Å². The molecule has 3 rings (SSSR count). The standard InChI is InChI=1S/C17H19N3O2S/c1-12-15(23-16(18-12)14-6-4-3-5-7-14)17(22)20-10-8-19(9-11-20)13(2)21/h3-7H,8-11H2,1-2H3. The molecule has 0 saturated carbocycles. The van der Waals surface area contributed by atoms with Crippen molar-refractivity contribution in [2.24, 2.45) is 0 Å². The molecule has 0 spiro atoms. The molecule has 1 fully saturated rings. The molecule has 1 aliphatic heterocycles. The van der Waals surface area contributed by atoms with Crippen LogP contribution < -0.4 is 0 Å². The summed E-state index contributed by atoms with van der Waals surface area (Å²) >= 11 is 1.44. The van der Waals surface area contributed by atoms with E-state index in [0.717, 1.165) is 16.3 Å². The number of aryl methyl sites for hydroxylation is 1. The lowest BCUT2D eigenvalue weighted by molar-refractivity contribution is -0.130. The van der Waals surface area contributed by atoms with E-state index in [-0.39, 0.29) is 11.8 Å². The van der Waals surface area contributed by atoms with Gasteiger partial charge in [-0.2, -0.15) is 0 Å². The van der Waals surface area contributed by atoms with Gasteiger partial charge in [0.15, 0.2) is 0 Å². The van der Waals surface area contributed by atoms with Crippen molar-refractivity contribution in [2.45, 2.75) is 13.8 Å². The molecule has 23 heavy (non-hydrogen) atoms. The van der Waals surface area contributed by atoms with Crippen molar-refractivity contribution in [1.29, 1.82) is 0 Å². The van der Waals surface area contributed by atoms with Gasteiger partial charge in [-0.15, -0.1) is 11.3 Å². The van der Waals surface area contributed by atoms with Gasteiger partial charge in [0, 0.05) is 38.7 Å². The molecule has 1 aromatic heterocycles. The van der Waals surface area contributed by atoms with Crippen LogP contribution in [0.2, 0.25) is 0 Å². The number of hydrogen-bond donors (Lipinski definition) is 0. The Bertz CT molecular complexity index is 719. The van der Waals surface area contributed by atoms with Crippen LogP contribution in [0.25, 0.3) is 10.6 Å². The van der Waals surface area contributed by atoms with Gasteiger partial charge < -0.3 is 9.80 Å². The fourth-order valence-electron chi connectivity index (χ4n) is 2.67. The third-order valence-corrected chi connectivity index (χ3v) is 5.22. The maximum Gasteiger partial charge on any atom is 0.265 e. The number of rotatable bonds is 2. The zero-order valence-electron chi connectivity index (χ0n) is 13.3. The molecule has 0 aliphatic carbocycles. The number of nitrogens with zero attached hydrogens (tertiary/aromatic N) is 3. The molecule has 2 amide bonds. The number of hydrogen-bond acceptors (Lipinski definition) is 4. The summed E-state index contributed by atoms with van der Waals surface area (Å²) in [6, 6.07) is 9.89. The number of amides is 2. The number of benzene rings is 1. The summed E-state index contributed by atoms with van der Waals surface area (Å²) in [5, 5.41) is 0.869. The highest BCUT2D eigenvalue weighted by molar-refractivity contribution is 7.17. The molecule has 0 bridgehead atoms. The van der Waals surface area contributed by atoms with Crippen LogP contribution >= 0.6 is 11.3 Å². The molecule has 1 aromatic carbocycles. The minimum Gasteiger partial charge on any atom is -0.339 e. The highest BCUT2D eigenvalue weighted by atomic mass is 32.1. The lowest BCUT2D eigenvalue weighted by Gasteiger charge is -2.34. The molecule has 0 N–H and O–H groups in total. The van der Waals surface area contributed by atoms with Gasteiger partial charge in [0.1, 0.15) is 9.88 Å². The Kier molecular flexibility index (Phi) is 4.43. The van der Waals surface area contributed by atoms with Gasteiger partial charge in [0.25, 0.3) is 5.91 Å². The van der Waals surface area contributed by atoms with E-state index < -0.39 is 0 Å². The molecule has 5 nitrogen and oxygen atoms in total. The van der Waals surface area contributed by atoms with E-state index in [1.165, 1.54) is 11.3 Å². The summed E-state index contributed by atoms with van der Waals surface area (Å²) in [4.78, 5) is 32.9. The minimum absolute atomic E-state index is 0.0189. The zero-order chi connectivity index (χ0) is 16.4. The maximum atomic E-state index is 12.7. The molecular weight excluding hydrogens is 310 g/mol. The first kappa shape index (κ1) is 15.7. The van der Waals surface area contributed by atoms with Gasteiger partial charge in [-0.1, -0.05) is 30.3 Å². The van der Waals surface area contributed by atoms with Crippen LogP contribution in [0.5, 0.6) is 0 Å². The average Bonchev–Trinajstić information content (AvgIpc) is 2.97. The third-order valence-electron chi connectivity index (χ3n) is 4.02. The predicted molar refractivity (Wildman–Crippen MR) is 90.4 cm³/mol. The van der Waals surface area contributed by atoms with Crippen molar-refractivity contribution in [3.05, 3.63) is 40.9 Å². The van der Waals surface area contributed by atoms with Crippen LogP contribution in [0.15, 0.2) is 30.3 Å². The second kappa shape index (κ2) is 6.50. The lowest BCUT2D eigenvalue weighted by Crippen LogP contribution is -2.50. The monoisotopic (exact) mass is 329 g/mol. The Morgan fingerprint density at radius 1 is 1.04 bits per heavy atom. The maximum absolute atomic E-state index is 12.7. The quantitative estimate of drug-likeness (QED) is 0.850. The van der Waals surface area contributed by atoms with E-state index in [2.05, 4.69) is 4.98 Å². The number of carbonyl (C=O) groups excluding carboxylic acids is 2. The van der Waals surface area contributed by atoms with Crippen LogP contribution in [-0.2, 0) is 4.79 Å². The van der Waals surface area contributed by atoms with Gasteiger partial charge in [-0.3, -0.25) is 9.59 Å². The number of aromatic nitrogens is 1. The van der Waals surface area contributed by atoms with Crippen molar-refractivity contribution in [3.8, 4) is 10.6 Å². The summed E-state index contributed by atoms with van der Waals surface area (Å²) in [5.74, 6) is 0.0859. The molecule has 0 unspecified atom stereocenters. The van der Waals surface area contributed by atoms with Crippen LogP contribution in [0.1, 0.15) is 22.3 Å². The summed E-state index contributed by atoms with van der Waals surface area (Å²) in [6.45, 7) is 5.81. The molecule has 1 saturated heterocycles. The molecule has 0 radical (unpaired) electrons. The Morgan fingerprint density at radius 3 is 2.26 bits per heavy atom. The first-order chi connectivity index (χ1) is 11.1. The number of carbonyl (C=O) groups is 2. The first-order valence-corrected chi connectivity index (χ1v) is 8.45. The van der Waals surface area contributed by atoms with Crippen molar-refractivity contribution < 1.29 is 9.59 Å². The molecule has 6 heteroatoms. The molecule has 0 atom stereocenters. The molecule has 2 aromatic rings. The van der Waals surface area contributed by atoms with Crippen molar-refractivity contribution in [3.63, 3.8) is 0 Å². The van der Waals surface area contributed by atoms with Gasteiger partial charge in [0.2, 0.25) is 5.91 Å². The zero-order valence-corrected chi connectivity index (χ0v) is 14.1. The summed E-state index contributed by atoms with van der Waals surface area (Å²) < 4.78 is 0. The van der Waals surface area contributed by atoms with E-state index >= 15 is 0 Å². The molecule has 120 valence electrons. The molecular formula is C17H19N3O2S. The smallest absolute Gasteiger partial charge is 0.265 e. The van der Waals surface area contributed by atoms with Crippen molar-refractivity contribution >= 4 is 23.2 Å². The molecule has 1 aliphatic rings. The van der Waals surface area contributed by atoms with E-state index in [4.69, 9.17) is 0 Å². The SMILES string of the molecule is CC(=O)N1CCN(C(=O)c2sc(-c3ccccc3)nc2C)CC1. The highest BCUT2D eigenvalue weighted by Gasteiger charge is 2.26. The highest BCUT2D eigenvalue weighted by Crippen LogP contribution is 2.28. The number of piperazine rings is 1. The van der Waals surface area contributed by atoms with Crippen LogP contribution in [0, 0.1) is 6.92 Å². The van der Waals surface area contributed by atoms with E-state index in [0.29, 0.717) is 31.1 Å². The predicted octanol–water partition coefficient (Wildman–Crippen LogP) is 2.42. The first-order valence-electron chi connectivity index (χ1n) is 7.64. The van der Waals surface area contributed by atoms with Gasteiger partial charge >= 0.3 is 0 Å². The van der Waals surface area contributed by atoms with Gasteiger partial charge in [0.05, 0.1) is 5.69 Å². The van der Waals surface area contributed by atoms with E-state index in [1.807, 2.05) is 42.2 Å². The average molecular weight is 329 g/mol. The molecule has 2 heterocycles. The van der Waals surface area contributed by atoms with Crippen LogP contribution in [0.3, 0.4) is 0 Å². The third kappa shape index (κ3) is 3.27. The van der Waals surface area contributed by atoms with Gasteiger partial charge in [-0.05, 0) is 6.92 Å². The fourth-order valence-corrected chi connectivity index (χ4v) is 3.71. The van der Waals surface area contributed by atoms with E-state index in [9.17, 15) is 9.59 Å². The largest absolute Gasteiger partial charge is 0.339 e. The number of thiazole rings is 1. The Balaban J connectivity index is 1.76. The fraction of sp³-hybridized carbons (Fsp3) is 0.353. The lowest BCUT2D eigenvalue weighted by atomic mass is 10.2. The van der Waals surface area contributed by atoms with Crippen molar-refractivity contribution in [2.75, 3.05) is 26.2 Å². The Hall–Kier alpha value is -2.21. The van der Waals surface area contributed by atoms with Crippen molar-refractivity contribution in [1.82, 2.24) is 14.8 Å². The minimum atomic E-state index is 0.0189. The van der Waals surface area contributed by atoms with Gasteiger partial charge in [-0.25, -0.2) is 4.98 Å². The summed E-state index contributed by atoms with van der Waals surface area (Å²) in [6.07, 6.45) is 0. The normalized spacial score (nSPS) is 14.9.